The lowest BCUT2D eigenvalue weighted by atomic mass is 10.1. The fraction of sp³-hybridized carbons (Fsp3) is 0.182. The van der Waals surface area contributed by atoms with E-state index in [1.54, 1.807) is 0 Å². The zero-order valence-corrected chi connectivity index (χ0v) is 10.3. The first-order chi connectivity index (χ1) is 7.99. The maximum Gasteiger partial charge on any atom is 0.230 e. The fourth-order valence-electron chi connectivity index (χ4n) is 1.64. The number of nitrogens with zero attached hydrogens (tertiary/aromatic N) is 2. The van der Waals surface area contributed by atoms with E-state index >= 15 is 0 Å². The van der Waals surface area contributed by atoms with E-state index in [0.717, 1.165) is 22.2 Å². The van der Waals surface area contributed by atoms with E-state index in [9.17, 15) is 0 Å². The minimum absolute atomic E-state index is 0.191. The summed E-state index contributed by atoms with van der Waals surface area (Å²) in [6, 6.07) is 3.71. The van der Waals surface area contributed by atoms with Gasteiger partial charge in [-0.3, -0.25) is 10.7 Å². The number of nitrogens with one attached hydrogen (secondary N) is 2. The third kappa shape index (κ3) is 2.14. The average Bonchev–Trinajstić information content (AvgIpc) is 2.23. The van der Waals surface area contributed by atoms with Crippen LogP contribution in [0.3, 0.4) is 0 Å². The van der Waals surface area contributed by atoms with Crippen LogP contribution in [0.15, 0.2) is 12.1 Å². The molecule has 0 aliphatic heterocycles. The van der Waals surface area contributed by atoms with Crippen molar-refractivity contribution >= 4 is 34.4 Å². The lowest BCUT2D eigenvalue weighted by molar-refractivity contribution is 1.15. The molecular weight excluding hydrogens is 238 g/mol. The van der Waals surface area contributed by atoms with E-state index in [1.165, 1.54) is 0 Å². The molecule has 0 aliphatic rings. The average molecular weight is 250 g/mol. The Balaban J connectivity index is 2.70. The normalized spacial score (nSPS) is 10.5. The van der Waals surface area contributed by atoms with Gasteiger partial charge in [-0.25, -0.2) is 9.97 Å². The maximum absolute atomic E-state index is 7.17. The summed E-state index contributed by atoms with van der Waals surface area (Å²) in [5.41, 5.74) is 7.73. The highest BCUT2D eigenvalue weighted by atomic mass is 35.5. The highest BCUT2D eigenvalue weighted by Crippen LogP contribution is 2.26. The lowest BCUT2D eigenvalue weighted by Crippen LogP contribution is -2.22. The molecule has 2 aromatic rings. The third-order valence-corrected chi connectivity index (χ3v) is 2.90. The fourth-order valence-corrected chi connectivity index (χ4v) is 1.79. The van der Waals surface area contributed by atoms with Gasteiger partial charge in [0.2, 0.25) is 5.95 Å². The second-order valence-corrected chi connectivity index (χ2v) is 4.15. The van der Waals surface area contributed by atoms with Crippen molar-refractivity contribution in [2.24, 2.45) is 5.73 Å². The molecule has 0 saturated heterocycles. The Bertz CT molecular complexity index is 608. The first-order valence-corrected chi connectivity index (χ1v) is 5.41. The molecule has 5 nitrogen and oxygen atoms in total. The monoisotopic (exact) mass is 249 g/mol. The number of fused-ring (bicyclic) bond motifs is 1. The van der Waals surface area contributed by atoms with Crippen LogP contribution in [0.25, 0.3) is 10.9 Å². The number of hydrogen-bond donors (Lipinski definition) is 3. The SMILES string of the molecule is Cc1nc(NC(=N)N)nc2c(C)c(Cl)ccc12. The number of nitrogens with two attached hydrogens (primary N) is 1. The van der Waals surface area contributed by atoms with Crippen LogP contribution in [0, 0.1) is 19.3 Å². The Kier molecular flexibility index (Phi) is 2.85. The van der Waals surface area contributed by atoms with Gasteiger partial charge in [-0.2, -0.15) is 0 Å². The van der Waals surface area contributed by atoms with Crippen LogP contribution in [0.2, 0.25) is 5.02 Å². The van der Waals surface area contributed by atoms with Gasteiger partial charge >= 0.3 is 0 Å². The number of rotatable bonds is 1. The molecule has 88 valence electrons. The van der Waals surface area contributed by atoms with Crippen molar-refractivity contribution < 1.29 is 0 Å². The van der Waals surface area contributed by atoms with Crippen LogP contribution in [0.1, 0.15) is 11.3 Å². The van der Waals surface area contributed by atoms with Gasteiger partial charge in [0.1, 0.15) is 0 Å². The largest absolute Gasteiger partial charge is 0.370 e. The number of benzene rings is 1. The van der Waals surface area contributed by atoms with Crippen LogP contribution >= 0.6 is 11.6 Å². The number of aromatic nitrogens is 2. The van der Waals surface area contributed by atoms with Gasteiger partial charge in [0.15, 0.2) is 5.96 Å². The molecule has 0 spiro atoms. The van der Waals surface area contributed by atoms with Crippen molar-refractivity contribution in [3.05, 3.63) is 28.4 Å². The summed E-state index contributed by atoms with van der Waals surface area (Å²) in [4.78, 5) is 8.54. The van der Waals surface area contributed by atoms with E-state index in [2.05, 4.69) is 15.3 Å². The summed E-state index contributed by atoms with van der Waals surface area (Å²) < 4.78 is 0. The van der Waals surface area contributed by atoms with Gasteiger partial charge in [0, 0.05) is 10.4 Å². The Labute approximate surface area is 104 Å². The third-order valence-electron chi connectivity index (χ3n) is 2.49. The molecule has 17 heavy (non-hydrogen) atoms. The second kappa shape index (κ2) is 4.18. The molecule has 1 aromatic heterocycles. The summed E-state index contributed by atoms with van der Waals surface area (Å²) in [6.07, 6.45) is 0. The smallest absolute Gasteiger partial charge is 0.230 e. The Morgan fingerprint density at radius 3 is 2.71 bits per heavy atom. The molecule has 0 amide bonds. The Morgan fingerprint density at radius 2 is 2.06 bits per heavy atom. The predicted octanol–water partition coefficient (Wildman–Crippen LogP) is 2.21. The van der Waals surface area contributed by atoms with Crippen molar-refractivity contribution in [2.45, 2.75) is 13.8 Å². The molecule has 1 heterocycles. The van der Waals surface area contributed by atoms with Crippen molar-refractivity contribution in [3.8, 4) is 0 Å². The van der Waals surface area contributed by atoms with Gasteiger partial charge in [-0.1, -0.05) is 11.6 Å². The minimum Gasteiger partial charge on any atom is -0.370 e. The van der Waals surface area contributed by atoms with E-state index < -0.39 is 0 Å². The number of guanidine groups is 1. The van der Waals surface area contributed by atoms with Crippen molar-refractivity contribution in [3.63, 3.8) is 0 Å². The molecule has 0 atom stereocenters. The molecule has 0 aliphatic carbocycles. The first-order valence-electron chi connectivity index (χ1n) is 5.03. The van der Waals surface area contributed by atoms with Gasteiger partial charge < -0.3 is 5.73 Å². The van der Waals surface area contributed by atoms with Crippen molar-refractivity contribution in [1.82, 2.24) is 9.97 Å². The van der Waals surface area contributed by atoms with Crippen LogP contribution in [0.4, 0.5) is 5.95 Å². The Morgan fingerprint density at radius 1 is 1.35 bits per heavy atom. The maximum atomic E-state index is 7.17. The minimum atomic E-state index is -0.191. The molecule has 0 bridgehead atoms. The summed E-state index contributed by atoms with van der Waals surface area (Å²) in [5, 5.41) is 11.3. The predicted molar refractivity (Wildman–Crippen MR) is 69.6 cm³/mol. The second-order valence-electron chi connectivity index (χ2n) is 3.74. The van der Waals surface area contributed by atoms with Crippen molar-refractivity contribution in [2.75, 3.05) is 5.32 Å². The number of aryl methyl sites for hydroxylation is 2. The summed E-state index contributed by atoms with van der Waals surface area (Å²) in [7, 11) is 0. The Hall–Kier alpha value is -1.88. The highest BCUT2D eigenvalue weighted by Gasteiger charge is 2.09. The molecule has 2 rings (SSSR count). The zero-order chi connectivity index (χ0) is 12.6. The van der Waals surface area contributed by atoms with Gasteiger partial charge in [0.25, 0.3) is 0 Å². The molecule has 6 heteroatoms. The van der Waals surface area contributed by atoms with Crippen LogP contribution in [0.5, 0.6) is 0 Å². The number of hydrogen-bond acceptors (Lipinski definition) is 3. The standard InChI is InChI=1S/C11H12ClN5/c1-5-8(12)4-3-7-6(2)15-11(16-9(5)7)17-10(13)14/h3-4H,1-2H3,(H4,13,14,15,16,17). The van der Waals surface area contributed by atoms with Crippen LogP contribution < -0.4 is 11.1 Å². The molecule has 0 radical (unpaired) electrons. The van der Waals surface area contributed by atoms with Gasteiger partial charge in [-0.15, -0.1) is 0 Å². The molecule has 0 saturated carbocycles. The van der Waals surface area contributed by atoms with Crippen LogP contribution in [-0.2, 0) is 0 Å². The van der Waals surface area contributed by atoms with Gasteiger partial charge in [0.05, 0.1) is 11.2 Å². The summed E-state index contributed by atoms with van der Waals surface area (Å²) in [6.45, 7) is 3.78. The highest BCUT2D eigenvalue weighted by molar-refractivity contribution is 6.32. The summed E-state index contributed by atoms with van der Waals surface area (Å²) in [5.74, 6) is 0.122. The lowest BCUT2D eigenvalue weighted by Gasteiger charge is -2.09. The number of anilines is 1. The molecular formula is C11H12ClN5. The van der Waals surface area contributed by atoms with E-state index in [1.807, 2.05) is 26.0 Å². The molecule has 0 unspecified atom stereocenters. The first kappa shape index (κ1) is 11.6. The molecule has 1 aromatic carbocycles. The van der Waals surface area contributed by atoms with Gasteiger partial charge in [-0.05, 0) is 31.5 Å². The summed E-state index contributed by atoms with van der Waals surface area (Å²) >= 11 is 6.05. The van der Waals surface area contributed by atoms with Crippen LogP contribution in [-0.4, -0.2) is 15.9 Å². The van der Waals surface area contributed by atoms with E-state index in [4.69, 9.17) is 22.7 Å². The molecule has 0 fully saturated rings. The van der Waals surface area contributed by atoms with E-state index in [0.29, 0.717) is 11.0 Å². The van der Waals surface area contributed by atoms with E-state index in [-0.39, 0.29) is 5.96 Å². The molecule has 4 N–H and O–H groups in total. The number of halogens is 1. The topological polar surface area (TPSA) is 87.7 Å². The quantitative estimate of drug-likeness (QED) is 0.534. The van der Waals surface area contributed by atoms with Crippen molar-refractivity contribution in [1.29, 1.82) is 5.41 Å². The zero-order valence-electron chi connectivity index (χ0n) is 9.50.